The zero-order valence-corrected chi connectivity index (χ0v) is 20.9. The third-order valence-electron chi connectivity index (χ3n) is 5.63. The number of nitrogens with one attached hydrogen (secondary N) is 4. The molecule has 0 fully saturated rings. The Bertz CT molecular complexity index is 1480. The summed E-state index contributed by atoms with van der Waals surface area (Å²) in [6, 6.07) is 1.98. The van der Waals surface area contributed by atoms with Crippen molar-refractivity contribution in [3.05, 3.63) is 47.7 Å². The normalized spacial score (nSPS) is 12.4. The van der Waals surface area contributed by atoms with Crippen molar-refractivity contribution in [3.63, 3.8) is 0 Å². The number of aromatic nitrogens is 6. The van der Waals surface area contributed by atoms with Crippen LogP contribution in [0.4, 0.5) is 0 Å². The van der Waals surface area contributed by atoms with Crippen LogP contribution in [0.5, 0.6) is 0 Å². The average molecular weight is 488 g/mol. The molecule has 11 nitrogen and oxygen atoms in total. The number of aliphatic imine (C=N–C) groups is 1. The molecule has 4 aromatic heterocycles. The van der Waals surface area contributed by atoms with Crippen molar-refractivity contribution in [1.82, 2.24) is 40.8 Å². The minimum Gasteiger partial charge on any atom is -0.355 e. The first-order valence-electron chi connectivity index (χ1n) is 11.7. The number of amides is 2. The van der Waals surface area contributed by atoms with Crippen molar-refractivity contribution in [2.75, 3.05) is 7.05 Å². The number of imidazole rings is 1. The van der Waals surface area contributed by atoms with Crippen LogP contribution in [0, 0.1) is 11.8 Å². The van der Waals surface area contributed by atoms with E-state index < -0.39 is 0 Å². The number of rotatable bonds is 8. The molecule has 0 saturated carbocycles. The summed E-state index contributed by atoms with van der Waals surface area (Å²) in [5.74, 6) is 0.276. The summed E-state index contributed by atoms with van der Waals surface area (Å²) in [6.07, 6.45) is 8.86. The molecule has 0 saturated heterocycles. The smallest absolute Gasteiger partial charge is 0.254 e. The summed E-state index contributed by atoms with van der Waals surface area (Å²) < 4.78 is 0. The molecule has 0 radical (unpaired) electrons. The summed E-state index contributed by atoms with van der Waals surface area (Å²) in [6.45, 7) is 7.72. The Labute approximate surface area is 207 Å². The van der Waals surface area contributed by atoms with Crippen LogP contribution in [0.25, 0.3) is 33.6 Å². The number of nitrogens with zero attached hydrogens (tertiary/aromatic N) is 5. The molecule has 0 atom stereocenters. The number of H-pyrrole nitrogens is 2. The molecular weight excluding hydrogens is 458 g/mol. The van der Waals surface area contributed by atoms with Gasteiger partial charge in [-0.3, -0.25) is 24.7 Å². The second-order valence-corrected chi connectivity index (χ2v) is 8.98. The lowest BCUT2D eigenvalue weighted by molar-refractivity contribution is -0.123. The highest BCUT2D eigenvalue weighted by Crippen LogP contribution is 2.27. The SMILES string of the molecule is CNC(=O)c1cncc2[nH]c(-c3[nH]nc4ncc(CC=N/C=C(/NC(=O)C(C)C)C(C)C)cc34)nc12. The minimum atomic E-state index is -0.262. The third kappa shape index (κ3) is 5.14. The van der Waals surface area contributed by atoms with Crippen molar-refractivity contribution in [1.29, 1.82) is 0 Å². The fourth-order valence-corrected chi connectivity index (χ4v) is 3.49. The van der Waals surface area contributed by atoms with Crippen LogP contribution in [-0.2, 0) is 11.2 Å². The molecular formula is C25H29N9O2. The van der Waals surface area contributed by atoms with Gasteiger partial charge in [-0.1, -0.05) is 27.7 Å². The predicted molar refractivity (Wildman–Crippen MR) is 138 cm³/mol. The molecule has 4 heterocycles. The van der Waals surface area contributed by atoms with Gasteiger partial charge in [-0.05, 0) is 17.5 Å². The van der Waals surface area contributed by atoms with E-state index in [2.05, 4.69) is 45.8 Å². The van der Waals surface area contributed by atoms with Gasteiger partial charge in [0.05, 0.1) is 22.7 Å². The number of carbonyl (C=O) groups is 2. The largest absolute Gasteiger partial charge is 0.355 e. The highest BCUT2D eigenvalue weighted by molar-refractivity contribution is 6.05. The van der Waals surface area contributed by atoms with Crippen LogP contribution in [0.3, 0.4) is 0 Å². The molecule has 4 rings (SSSR count). The molecule has 186 valence electrons. The first-order valence-corrected chi connectivity index (χ1v) is 11.7. The van der Waals surface area contributed by atoms with Crippen LogP contribution in [0.15, 0.2) is 41.5 Å². The monoisotopic (exact) mass is 487 g/mol. The Hall–Kier alpha value is -4.41. The zero-order valence-electron chi connectivity index (χ0n) is 20.9. The number of carbonyl (C=O) groups excluding carboxylic acids is 2. The van der Waals surface area contributed by atoms with Gasteiger partial charge in [-0.25, -0.2) is 9.97 Å². The summed E-state index contributed by atoms with van der Waals surface area (Å²) in [7, 11) is 1.56. The Kier molecular flexibility index (Phi) is 7.18. The number of pyridine rings is 2. The van der Waals surface area contributed by atoms with E-state index in [0.717, 1.165) is 16.6 Å². The van der Waals surface area contributed by atoms with Gasteiger partial charge in [0, 0.05) is 49.9 Å². The van der Waals surface area contributed by atoms with Crippen molar-refractivity contribution in [3.8, 4) is 11.5 Å². The molecule has 4 aromatic rings. The average Bonchev–Trinajstić information content (AvgIpc) is 3.48. The summed E-state index contributed by atoms with van der Waals surface area (Å²) in [4.78, 5) is 45.0. The fraction of sp³-hybridized carbons (Fsp3) is 0.320. The van der Waals surface area contributed by atoms with Crippen molar-refractivity contribution in [2.45, 2.75) is 34.1 Å². The molecule has 0 aliphatic rings. The van der Waals surface area contributed by atoms with Gasteiger partial charge in [0.25, 0.3) is 5.91 Å². The minimum absolute atomic E-state index is 0.0314. The lowest BCUT2D eigenvalue weighted by atomic mass is 10.1. The maximum Gasteiger partial charge on any atom is 0.254 e. The molecule has 11 heteroatoms. The summed E-state index contributed by atoms with van der Waals surface area (Å²) >= 11 is 0. The first-order chi connectivity index (χ1) is 17.3. The number of hydrogen-bond acceptors (Lipinski definition) is 7. The van der Waals surface area contributed by atoms with E-state index in [1.807, 2.05) is 33.8 Å². The topological polar surface area (TPSA) is 154 Å². The fourth-order valence-electron chi connectivity index (χ4n) is 3.49. The van der Waals surface area contributed by atoms with Gasteiger partial charge < -0.3 is 15.6 Å². The van der Waals surface area contributed by atoms with Crippen LogP contribution >= 0.6 is 0 Å². The van der Waals surface area contributed by atoms with Gasteiger partial charge in [0.15, 0.2) is 11.5 Å². The van der Waals surface area contributed by atoms with Crippen molar-refractivity contribution >= 4 is 40.1 Å². The molecule has 36 heavy (non-hydrogen) atoms. The number of aromatic amines is 2. The van der Waals surface area contributed by atoms with E-state index in [0.29, 0.717) is 40.2 Å². The molecule has 2 amide bonds. The van der Waals surface area contributed by atoms with E-state index in [9.17, 15) is 9.59 Å². The second kappa shape index (κ2) is 10.5. The molecule has 0 unspecified atom stereocenters. The molecule has 4 N–H and O–H groups in total. The van der Waals surface area contributed by atoms with Gasteiger partial charge in [0.2, 0.25) is 5.91 Å². The molecule has 0 aliphatic carbocycles. The van der Waals surface area contributed by atoms with Gasteiger partial charge in [-0.15, -0.1) is 0 Å². The van der Waals surface area contributed by atoms with E-state index >= 15 is 0 Å². The van der Waals surface area contributed by atoms with Crippen molar-refractivity contribution in [2.24, 2.45) is 16.8 Å². The number of hydrogen-bond donors (Lipinski definition) is 4. The lowest BCUT2D eigenvalue weighted by Gasteiger charge is -2.13. The van der Waals surface area contributed by atoms with Crippen LogP contribution in [0.1, 0.15) is 43.6 Å². The number of allylic oxidation sites excluding steroid dienone is 1. The first kappa shape index (κ1) is 24.7. The van der Waals surface area contributed by atoms with Crippen LogP contribution in [-0.4, -0.2) is 55.2 Å². The van der Waals surface area contributed by atoms with E-state index in [4.69, 9.17) is 0 Å². The summed E-state index contributed by atoms with van der Waals surface area (Å²) in [5, 5.41) is 13.6. The lowest BCUT2D eigenvalue weighted by Crippen LogP contribution is -2.29. The van der Waals surface area contributed by atoms with E-state index in [-0.39, 0.29) is 23.7 Å². The van der Waals surface area contributed by atoms with Crippen molar-refractivity contribution < 1.29 is 9.59 Å². The van der Waals surface area contributed by atoms with E-state index in [1.54, 1.807) is 31.9 Å². The molecule has 0 aromatic carbocycles. The molecule has 0 aliphatic heterocycles. The Morgan fingerprint density at radius 2 is 1.94 bits per heavy atom. The molecule has 0 bridgehead atoms. The maximum absolute atomic E-state index is 12.2. The van der Waals surface area contributed by atoms with Crippen LogP contribution in [0.2, 0.25) is 0 Å². The third-order valence-corrected chi connectivity index (χ3v) is 5.63. The van der Waals surface area contributed by atoms with Gasteiger partial charge >= 0.3 is 0 Å². The maximum atomic E-state index is 12.2. The Balaban J connectivity index is 1.59. The van der Waals surface area contributed by atoms with E-state index in [1.165, 1.54) is 6.20 Å². The standard InChI is InChI=1S/C25H29N9O2/c1-13(2)18(31-24(35)14(3)4)11-27-7-6-15-8-16-21(33-34-22(16)29-9-15)23-30-19-12-28-10-17(20(19)32-23)25(36)26-5/h7-14H,6H2,1-5H3,(H,26,36)(H,30,32)(H,31,35)(H,29,33,34)/b18-11+,27-7?. The number of fused-ring (bicyclic) bond motifs is 2. The Morgan fingerprint density at radius 1 is 1.14 bits per heavy atom. The second-order valence-electron chi connectivity index (χ2n) is 8.98. The zero-order chi connectivity index (χ0) is 25.8. The Morgan fingerprint density at radius 3 is 2.67 bits per heavy atom. The van der Waals surface area contributed by atoms with Gasteiger partial charge in [-0.2, -0.15) is 5.10 Å². The highest BCUT2D eigenvalue weighted by Gasteiger charge is 2.17. The van der Waals surface area contributed by atoms with Crippen LogP contribution < -0.4 is 10.6 Å². The predicted octanol–water partition coefficient (Wildman–Crippen LogP) is 3.14. The highest BCUT2D eigenvalue weighted by atomic mass is 16.2. The van der Waals surface area contributed by atoms with Gasteiger partial charge in [0.1, 0.15) is 11.2 Å². The summed E-state index contributed by atoms with van der Waals surface area (Å²) in [5.41, 5.74) is 4.46. The molecule has 0 spiro atoms. The quantitative estimate of drug-likeness (QED) is 0.280.